The molecule has 1 aliphatic rings. The number of benzene rings is 1. The van der Waals surface area contributed by atoms with Crippen LogP contribution in [0.25, 0.3) is 0 Å². The van der Waals surface area contributed by atoms with E-state index in [1.165, 1.54) is 12.2 Å². The van der Waals surface area contributed by atoms with Gasteiger partial charge in [0.1, 0.15) is 5.92 Å². The summed E-state index contributed by atoms with van der Waals surface area (Å²) in [6.07, 6.45) is 2.36. The number of thiocarbonyl (C=S) groups is 1. The van der Waals surface area contributed by atoms with E-state index >= 15 is 0 Å². The third-order valence-electron chi connectivity index (χ3n) is 3.62. The van der Waals surface area contributed by atoms with Crippen LogP contribution >= 0.6 is 24.0 Å². The van der Waals surface area contributed by atoms with E-state index < -0.39 is 5.92 Å². The molecule has 1 heterocycles. The van der Waals surface area contributed by atoms with E-state index in [2.05, 4.69) is 12.2 Å². The first-order valence-electron chi connectivity index (χ1n) is 6.78. The summed E-state index contributed by atoms with van der Waals surface area (Å²) in [6, 6.07) is 9.46. The summed E-state index contributed by atoms with van der Waals surface area (Å²) in [5.74, 6) is 0.530. The van der Waals surface area contributed by atoms with Crippen LogP contribution in [-0.2, 0) is 4.79 Å². The molecule has 1 fully saturated rings. The molecule has 0 bridgehead atoms. The monoisotopic (exact) mass is 308 g/mol. The van der Waals surface area contributed by atoms with Crippen LogP contribution < -0.4 is 11.1 Å². The molecule has 20 heavy (non-hydrogen) atoms. The fourth-order valence-electron chi connectivity index (χ4n) is 2.44. The summed E-state index contributed by atoms with van der Waals surface area (Å²) in [5.41, 5.74) is 6.60. The lowest BCUT2D eigenvalue weighted by molar-refractivity contribution is -0.121. The Bertz CT molecular complexity index is 484. The first-order chi connectivity index (χ1) is 9.52. The average molecular weight is 308 g/mol. The van der Waals surface area contributed by atoms with Gasteiger partial charge in [-0.25, -0.2) is 0 Å². The van der Waals surface area contributed by atoms with Crippen molar-refractivity contribution in [3.63, 3.8) is 0 Å². The van der Waals surface area contributed by atoms with Crippen molar-refractivity contribution >= 4 is 34.9 Å². The summed E-state index contributed by atoms with van der Waals surface area (Å²) < 4.78 is 0.146. The van der Waals surface area contributed by atoms with Crippen LogP contribution in [0.2, 0.25) is 0 Å². The minimum atomic E-state index is -0.541. The molecule has 1 aromatic rings. The first-order valence-corrected chi connectivity index (χ1v) is 8.17. The second kappa shape index (κ2) is 6.59. The fourth-order valence-corrected chi connectivity index (χ4v) is 3.93. The summed E-state index contributed by atoms with van der Waals surface area (Å²) >= 11 is 6.99. The van der Waals surface area contributed by atoms with Crippen LogP contribution in [0.3, 0.4) is 0 Å². The summed E-state index contributed by atoms with van der Waals surface area (Å²) in [6.45, 7) is 2.87. The number of carbonyl (C=O) groups is 1. The Labute approximate surface area is 129 Å². The predicted octanol–water partition coefficient (Wildman–Crippen LogP) is 2.46. The third kappa shape index (κ3) is 3.73. The van der Waals surface area contributed by atoms with Crippen LogP contribution in [0.15, 0.2) is 30.3 Å². The van der Waals surface area contributed by atoms with E-state index in [1.807, 2.05) is 42.1 Å². The number of amides is 1. The van der Waals surface area contributed by atoms with Crippen molar-refractivity contribution in [1.29, 1.82) is 0 Å². The third-order valence-corrected chi connectivity index (χ3v) is 5.39. The Balaban J connectivity index is 2.03. The Morgan fingerprint density at radius 1 is 1.50 bits per heavy atom. The number of hydrogen-bond donors (Lipinski definition) is 2. The molecule has 3 N–H and O–H groups in total. The molecule has 2 unspecified atom stereocenters. The molecule has 3 nitrogen and oxygen atoms in total. The second-order valence-corrected chi connectivity index (χ2v) is 7.52. The summed E-state index contributed by atoms with van der Waals surface area (Å²) in [7, 11) is 0. The number of carbonyl (C=O) groups excluding carboxylic acids is 1. The highest BCUT2D eigenvalue weighted by atomic mass is 32.2. The van der Waals surface area contributed by atoms with Crippen LogP contribution in [-0.4, -0.2) is 27.9 Å². The van der Waals surface area contributed by atoms with Crippen LogP contribution in [0.4, 0.5) is 0 Å². The van der Waals surface area contributed by atoms with Gasteiger partial charge in [0.15, 0.2) is 0 Å². The number of nitrogens with two attached hydrogens (primary N) is 1. The van der Waals surface area contributed by atoms with Crippen molar-refractivity contribution in [3.05, 3.63) is 35.9 Å². The molecule has 1 aliphatic heterocycles. The van der Waals surface area contributed by atoms with Crippen molar-refractivity contribution in [1.82, 2.24) is 5.32 Å². The zero-order valence-electron chi connectivity index (χ0n) is 11.6. The van der Waals surface area contributed by atoms with Gasteiger partial charge in [-0.1, -0.05) is 42.5 Å². The van der Waals surface area contributed by atoms with Gasteiger partial charge in [0.25, 0.3) is 0 Å². The van der Waals surface area contributed by atoms with Gasteiger partial charge in [-0.3, -0.25) is 4.79 Å². The van der Waals surface area contributed by atoms with Gasteiger partial charge in [0.2, 0.25) is 5.91 Å². The van der Waals surface area contributed by atoms with Crippen molar-refractivity contribution < 1.29 is 4.79 Å². The van der Waals surface area contributed by atoms with E-state index in [-0.39, 0.29) is 15.6 Å². The standard InChI is InChI=1S/C15H20N2OS2/c1-15(8-5-9-20-15)10-17-14(18)12(13(16)19)11-6-3-2-4-7-11/h2-4,6-7,12H,5,8-10H2,1H3,(H2,16,19)(H,17,18). The van der Waals surface area contributed by atoms with Crippen molar-refractivity contribution in [2.45, 2.75) is 30.4 Å². The van der Waals surface area contributed by atoms with Crippen molar-refractivity contribution in [2.75, 3.05) is 12.3 Å². The van der Waals surface area contributed by atoms with Crippen molar-refractivity contribution in [2.24, 2.45) is 5.73 Å². The Hall–Kier alpha value is -1.07. The maximum atomic E-state index is 12.4. The normalized spacial score (nSPS) is 23.2. The molecule has 2 atom stereocenters. The number of rotatable bonds is 5. The molecule has 0 spiro atoms. The molecule has 2 rings (SSSR count). The molecular formula is C15H20N2OS2. The van der Waals surface area contributed by atoms with Gasteiger partial charge in [-0.05, 0) is 31.1 Å². The highest BCUT2D eigenvalue weighted by molar-refractivity contribution is 8.00. The maximum Gasteiger partial charge on any atom is 0.234 e. The molecule has 1 aromatic carbocycles. The zero-order valence-corrected chi connectivity index (χ0v) is 13.2. The maximum absolute atomic E-state index is 12.4. The Kier molecular flexibility index (Phi) is 5.05. The quantitative estimate of drug-likeness (QED) is 0.821. The number of thioether (sulfide) groups is 1. The Morgan fingerprint density at radius 2 is 2.20 bits per heavy atom. The molecule has 0 radical (unpaired) electrons. The van der Waals surface area contributed by atoms with Gasteiger partial charge in [-0.2, -0.15) is 11.8 Å². The Morgan fingerprint density at radius 3 is 2.75 bits per heavy atom. The lowest BCUT2D eigenvalue weighted by atomic mass is 9.97. The van der Waals surface area contributed by atoms with Crippen LogP contribution in [0.5, 0.6) is 0 Å². The summed E-state index contributed by atoms with van der Waals surface area (Å²) in [4.78, 5) is 12.6. The summed E-state index contributed by atoms with van der Waals surface area (Å²) in [5, 5.41) is 3.02. The minimum Gasteiger partial charge on any atom is -0.392 e. The van der Waals surface area contributed by atoms with E-state index in [0.717, 1.165) is 12.0 Å². The smallest absolute Gasteiger partial charge is 0.234 e. The van der Waals surface area contributed by atoms with E-state index in [4.69, 9.17) is 18.0 Å². The van der Waals surface area contributed by atoms with Gasteiger partial charge >= 0.3 is 0 Å². The predicted molar refractivity (Wildman–Crippen MR) is 89.1 cm³/mol. The number of nitrogens with one attached hydrogen (secondary N) is 1. The number of hydrogen-bond acceptors (Lipinski definition) is 3. The zero-order chi connectivity index (χ0) is 14.6. The van der Waals surface area contributed by atoms with E-state index in [1.54, 1.807) is 0 Å². The highest BCUT2D eigenvalue weighted by Gasteiger charge is 2.31. The minimum absolute atomic E-state index is 0.0996. The molecule has 108 valence electrons. The molecule has 0 aliphatic carbocycles. The van der Waals surface area contributed by atoms with Gasteiger partial charge < -0.3 is 11.1 Å². The molecule has 0 aromatic heterocycles. The van der Waals surface area contributed by atoms with Crippen molar-refractivity contribution in [3.8, 4) is 0 Å². The molecule has 5 heteroatoms. The largest absolute Gasteiger partial charge is 0.392 e. The highest BCUT2D eigenvalue weighted by Crippen LogP contribution is 2.37. The second-order valence-electron chi connectivity index (χ2n) is 5.37. The van der Waals surface area contributed by atoms with E-state index in [9.17, 15) is 4.79 Å². The van der Waals surface area contributed by atoms with Gasteiger partial charge in [0.05, 0.1) is 4.99 Å². The van der Waals surface area contributed by atoms with Gasteiger partial charge in [0, 0.05) is 11.3 Å². The molecular weight excluding hydrogens is 288 g/mol. The van der Waals surface area contributed by atoms with Gasteiger partial charge in [-0.15, -0.1) is 0 Å². The fraction of sp³-hybridized carbons (Fsp3) is 0.467. The van der Waals surface area contributed by atoms with Crippen LogP contribution in [0, 0.1) is 0 Å². The lowest BCUT2D eigenvalue weighted by Crippen LogP contribution is -2.42. The lowest BCUT2D eigenvalue weighted by Gasteiger charge is -2.24. The first kappa shape index (κ1) is 15.3. The molecule has 1 saturated heterocycles. The average Bonchev–Trinajstić information content (AvgIpc) is 2.85. The van der Waals surface area contributed by atoms with E-state index in [0.29, 0.717) is 6.54 Å². The SMILES string of the molecule is CC1(CNC(=O)C(C(N)=S)c2ccccc2)CCCS1. The molecule has 1 amide bonds. The topological polar surface area (TPSA) is 55.1 Å². The molecule has 0 saturated carbocycles. The van der Waals surface area contributed by atoms with Crippen LogP contribution in [0.1, 0.15) is 31.2 Å².